The lowest BCUT2D eigenvalue weighted by Gasteiger charge is -2.30. The summed E-state index contributed by atoms with van der Waals surface area (Å²) in [5, 5.41) is 3.95. The van der Waals surface area contributed by atoms with Crippen LogP contribution in [0.3, 0.4) is 0 Å². The van der Waals surface area contributed by atoms with Gasteiger partial charge >= 0.3 is 11.9 Å². The Balaban J connectivity index is 1.43. The minimum Gasteiger partial charge on any atom is -0.485 e. The van der Waals surface area contributed by atoms with Gasteiger partial charge in [-0.25, -0.2) is 9.59 Å². The van der Waals surface area contributed by atoms with E-state index in [4.69, 9.17) is 18.9 Å². The van der Waals surface area contributed by atoms with Crippen molar-refractivity contribution in [3.8, 4) is 11.5 Å². The molecule has 0 fully saturated rings. The molecule has 0 aliphatic carbocycles. The quantitative estimate of drug-likeness (QED) is 0.0832. The highest BCUT2D eigenvalue weighted by atomic mass is 32.1. The van der Waals surface area contributed by atoms with E-state index < -0.39 is 36.6 Å². The summed E-state index contributed by atoms with van der Waals surface area (Å²) < 4.78 is 24.1. The summed E-state index contributed by atoms with van der Waals surface area (Å²) in [6.45, 7) is 4.03. The Morgan fingerprint density at radius 3 is 1.27 bits per heavy atom. The van der Waals surface area contributed by atoms with Crippen LogP contribution in [0, 0.1) is 13.8 Å². The number of thiophene rings is 2. The number of carbonyl (C=O) groups excluding carboxylic acids is 2. The van der Waals surface area contributed by atoms with Gasteiger partial charge in [-0.15, -0.1) is 22.7 Å². The monoisotopic (exact) mass is 636 g/mol. The standard InChI is InChI=1S/C34H40N2O6S2/c1-23-11-15-25(16-12-23)39-27(29-9-7-19-43-29)21-31(35(3)4)41-33(37)34(38)42-32(36(5)6)22-28(30-10-8-20-44-30)40-26-17-13-24(2)14-18-26/h7-20,27-28,31-32H,21-22H2,1-6H3. The lowest BCUT2D eigenvalue weighted by molar-refractivity contribution is -0.185. The van der Waals surface area contributed by atoms with Crippen molar-refractivity contribution < 1.29 is 28.5 Å². The van der Waals surface area contributed by atoms with Crippen molar-refractivity contribution in [2.75, 3.05) is 28.2 Å². The second kappa shape index (κ2) is 15.9. The van der Waals surface area contributed by atoms with Gasteiger partial charge in [0.25, 0.3) is 0 Å². The van der Waals surface area contributed by atoms with Crippen LogP contribution in [0.5, 0.6) is 11.5 Å². The van der Waals surface area contributed by atoms with Gasteiger partial charge in [0.05, 0.1) is 0 Å². The Kier molecular flexibility index (Phi) is 12.0. The van der Waals surface area contributed by atoms with E-state index in [0.717, 1.165) is 20.9 Å². The van der Waals surface area contributed by atoms with Crippen LogP contribution in [0.25, 0.3) is 0 Å². The molecule has 0 N–H and O–H groups in total. The number of hydrogen-bond donors (Lipinski definition) is 0. The summed E-state index contributed by atoms with van der Waals surface area (Å²) in [5.41, 5.74) is 2.26. The zero-order chi connectivity index (χ0) is 31.6. The third-order valence-electron chi connectivity index (χ3n) is 6.96. The van der Waals surface area contributed by atoms with Gasteiger partial charge in [0.1, 0.15) is 23.7 Å². The molecular formula is C34H40N2O6S2. The molecule has 0 saturated heterocycles. The van der Waals surface area contributed by atoms with Crippen molar-refractivity contribution in [3.05, 3.63) is 104 Å². The SMILES string of the molecule is Cc1ccc(OC(CC(OC(=O)C(=O)OC(CC(Oc2ccc(C)cc2)c2cccs2)N(C)C)N(C)C)c2cccs2)cc1. The molecule has 10 heteroatoms. The van der Waals surface area contributed by atoms with Crippen LogP contribution in [0.15, 0.2) is 83.6 Å². The molecule has 8 nitrogen and oxygen atoms in total. The molecule has 44 heavy (non-hydrogen) atoms. The number of aryl methyl sites for hydroxylation is 2. The number of hydrogen-bond acceptors (Lipinski definition) is 10. The van der Waals surface area contributed by atoms with Gasteiger partial charge in [-0.05, 0) is 89.2 Å². The van der Waals surface area contributed by atoms with Crippen LogP contribution in [0.4, 0.5) is 0 Å². The summed E-state index contributed by atoms with van der Waals surface area (Å²) in [6.07, 6.45) is -1.66. The smallest absolute Gasteiger partial charge is 0.419 e. The van der Waals surface area contributed by atoms with Gasteiger partial charge in [0, 0.05) is 22.6 Å². The molecule has 234 valence electrons. The van der Waals surface area contributed by atoms with Crippen molar-refractivity contribution in [2.24, 2.45) is 0 Å². The summed E-state index contributed by atoms with van der Waals surface area (Å²) in [7, 11) is 7.16. The predicted molar refractivity (Wildman–Crippen MR) is 174 cm³/mol. The van der Waals surface area contributed by atoms with Crippen molar-refractivity contribution in [3.63, 3.8) is 0 Å². The first-order chi connectivity index (χ1) is 21.1. The van der Waals surface area contributed by atoms with E-state index >= 15 is 0 Å². The van der Waals surface area contributed by atoms with Gasteiger partial charge in [0.15, 0.2) is 12.5 Å². The maximum atomic E-state index is 13.1. The van der Waals surface area contributed by atoms with Crippen LogP contribution in [0.1, 0.15) is 45.9 Å². The molecule has 0 saturated carbocycles. The second-order valence-corrected chi connectivity index (χ2v) is 12.9. The van der Waals surface area contributed by atoms with E-state index in [0.29, 0.717) is 24.3 Å². The summed E-state index contributed by atoms with van der Waals surface area (Å²) in [4.78, 5) is 31.7. The highest BCUT2D eigenvalue weighted by molar-refractivity contribution is 7.10. The minimum absolute atomic E-state index is 0.308. The van der Waals surface area contributed by atoms with Crippen molar-refractivity contribution in [2.45, 2.75) is 51.4 Å². The molecule has 0 radical (unpaired) electrons. The number of benzene rings is 2. The number of nitrogens with zero attached hydrogens (tertiary/aromatic N) is 2. The Bertz CT molecular complexity index is 1330. The normalized spacial score (nSPS) is 14.1. The van der Waals surface area contributed by atoms with Crippen molar-refractivity contribution in [1.82, 2.24) is 9.80 Å². The van der Waals surface area contributed by atoms with Crippen LogP contribution < -0.4 is 9.47 Å². The lowest BCUT2D eigenvalue weighted by atomic mass is 10.1. The van der Waals surface area contributed by atoms with E-state index in [9.17, 15) is 9.59 Å². The third-order valence-corrected chi connectivity index (χ3v) is 8.88. The first-order valence-corrected chi connectivity index (χ1v) is 16.1. The van der Waals surface area contributed by atoms with E-state index in [-0.39, 0.29) is 0 Å². The van der Waals surface area contributed by atoms with Crippen LogP contribution in [-0.2, 0) is 19.1 Å². The molecule has 4 atom stereocenters. The summed E-state index contributed by atoms with van der Waals surface area (Å²) in [6, 6.07) is 23.5. The average molecular weight is 637 g/mol. The average Bonchev–Trinajstić information content (AvgIpc) is 3.73. The molecule has 2 aromatic carbocycles. The van der Waals surface area contributed by atoms with Crippen molar-refractivity contribution >= 4 is 34.6 Å². The minimum atomic E-state index is -1.07. The molecule has 4 rings (SSSR count). The second-order valence-electron chi connectivity index (χ2n) is 11.0. The van der Waals surface area contributed by atoms with E-state index in [1.54, 1.807) is 60.7 Å². The van der Waals surface area contributed by atoms with Crippen LogP contribution in [0.2, 0.25) is 0 Å². The zero-order valence-corrected chi connectivity index (χ0v) is 27.6. The van der Waals surface area contributed by atoms with Gasteiger partial charge in [0.2, 0.25) is 0 Å². The van der Waals surface area contributed by atoms with Crippen LogP contribution >= 0.6 is 22.7 Å². The van der Waals surface area contributed by atoms with E-state index in [1.165, 1.54) is 0 Å². The fourth-order valence-electron chi connectivity index (χ4n) is 4.39. The largest absolute Gasteiger partial charge is 0.485 e. The molecule has 4 unspecified atom stereocenters. The van der Waals surface area contributed by atoms with Gasteiger partial charge in [-0.1, -0.05) is 47.5 Å². The van der Waals surface area contributed by atoms with Gasteiger partial charge < -0.3 is 18.9 Å². The third kappa shape index (κ3) is 9.65. The van der Waals surface area contributed by atoms with Crippen LogP contribution in [-0.4, -0.2) is 62.4 Å². The van der Waals surface area contributed by atoms with E-state index in [2.05, 4.69) is 0 Å². The highest BCUT2D eigenvalue weighted by Gasteiger charge is 2.32. The zero-order valence-electron chi connectivity index (χ0n) is 26.0. The molecule has 0 spiro atoms. The molecule has 0 aliphatic rings. The maximum absolute atomic E-state index is 13.1. The predicted octanol–water partition coefficient (Wildman–Crippen LogP) is 7.01. The Morgan fingerprint density at radius 1 is 0.614 bits per heavy atom. The summed E-state index contributed by atoms with van der Waals surface area (Å²) >= 11 is 3.11. The van der Waals surface area contributed by atoms with Crippen molar-refractivity contribution in [1.29, 1.82) is 0 Å². The molecule has 0 bridgehead atoms. The lowest BCUT2D eigenvalue weighted by Crippen LogP contribution is -2.41. The fraction of sp³-hybridized carbons (Fsp3) is 0.353. The first-order valence-electron chi connectivity index (χ1n) is 14.4. The van der Waals surface area contributed by atoms with E-state index in [1.807, 2.05) is 97.4 Å². The van der Waals surface area contributed by atoms with Gasteiger partial charge in [-0.3, -0.25) is 9.80 Å². The Morgan fingerprint density at radius 2 is 0.977 bits per heavy atom. The number of carbonyl (C=O) groups is 2. The maximum Gasteiger partial charge on any atom is 0.419 e. The number of ether oxygens (including phenoxy) is 4. The number of esters is 2. The Hall–Kier alpha value is -3.70. The molecule has 2 aromatic heterocycles. The summed E-state index contributed by atoms with van der Waals surface area (Å²) in [5.74, 6) is -0.718. The number of rotatable bonds is 14. The molecule has 2 heterocycles. The first kappa shape index (κ1) is 33.2. The fourth-order valence-corrected chi connectivity index (χ4v) is 5.93. The highest BCUT2D eigenvalue weighted by Crippen LogP contribution is 2.32. The Labute approximate surface area is 267 Å². The molecule has 0 amide bonds. The van der Waals surface area contributed by atoms with Gasteiger partial charge in [-0.2, -0.15) is 0 Å². The molecular weight excluding hydrogens is 597 g/mol. The topological polar surface area (TPSA) is 77.5 Å². The molecule has 4 aromatic rings. The molecule has 0 aliphatic heterocycles.